The molecule has 1 aliphatic carbocycles. The smallest absolute Gasteiger partial charge is 0.402 e. The van der Waals surface area contributed by atoms with Crippen LogP contribution < -0.4 is 10.6 Å². The number of fused-ring (bicyclic) bond motifs is 1. The first kappa shape index (κ1) is 26.1. The molecule has 7 nitrogen and oxygen atoms in total. The Morgan fingerprint density at radius 3 is 2.39 bits per heavy atom. The van der Waals surface area contributed by atoms with Crippen LogP contribution in [0.3, 0.4) is 0 Å². The van der Waals surface area contributed by atoms with Crippen molar-refractivity contribution in [3.63, 3.8) is 0 Å². The Morgan fingerprint density at radius 2 is 1.75 bits per heavy atom. The minimum atomic E-state index is -5.75. The summed E-state index contributed by atoms with van der Waals surface area (Å²) in [7, 11) is 0. The van der Waals surface area contributed by atoms with Gasteiger partial charge in [0.05, 0.1) is 11.6 Å². The number of nitrogens with zero attached hydrogens (tertiary/aromatic N) is 3. The van der Waals surface area contributed by atoms with E-state index >= 15 is 0 Å². The predicted octanol–water partition coefficient (Wildman–Crippen LogP) is 6.17. The number of pyridine rings is 1. The zero-order chi connectivity index (χ0) is 26.5. The van der Waals surface area contributed by atoms with E-state index in [2.05, 4.69) is 20.5 Å². The minimum Gasteiger partial charge on any atom is -0.402 e. The first-order valence-corrected chi connectivity index (χ1v) is 11.6. The zero-order valence-corrected chi connectivity index (χ0v) is 20.3. The van der Waals surface area contributed by atoms with Crippen LogP contribution in [-0.2, 0) is 5.41 Å². The van der Waals surface area contributed by atoms with Gasteiger partial charge in [-0.25, -0.2) is 4.98 Å². The van der Waals surface area contributed by atoms with Crippen molar-refractivity contribution in [2.24, 2.45) is 0 Å². The predicted molar refractivity (Wildman–Crippen MR) is 125 cm³/mol. The van der Waals surface area contributed by atoms with Crippen LogP contribution in [0.15, 0.2) is 22.6 Å². The molecule has 36 heavy (non-hydrogen) atoms. The molecule has 2 aromatic heterocycles. The largest absolute Gasteiger partial charge is 0.475 e. The molecule has 0 bridgehead atoms. The highest BCUT2D eigenvalue weighted by atomic mass is 19.4. The topological polar surface area (TPSA) is 96.1 Å². The van der Waals surface area contributed by atoms with Gasteiger partial charge >= 0.3 is 18.2 Å². The number of hydrogen-bond acceptors (Lipinski definition) is 7. The maximum Gasteiger partial charge on any atom is 0.475 e. The third kappa shape index (κ3) is 5.37. The van der Waals surface area contributed by atoms with Crippen LogP contribution in [0, 0.1) is 6.92 Å². The van der Waals surface area contributed by atoms with Crippen LogP contribution in [-0.4, -0.2) is 44.7 Å². The van der Waals surface area contributed by atoms with E-state index in [1.165, 1.54) is 17.4 Å². The Bertz CT molecular complexity index is 1250. The van der Waals surface area contributed by atoms with Crippen molar-refractivity contribution in [3.8, 4) is 11.6 Å². The van der Waals surface area contributed by atoms with Crippen LogP contribution in [0.2, 0.25) is 0 Å². The molecule has 2 atom stereocenters. The molecule has 4 rings (SSSR count). The van der Waals surface area contributed by atoms with Gasteiger partial charge in [-0.05, 0) is 67.3 Å². The van der Waals surface area contributed by atoms with Crippen molar-refractivity contribution in [2.45, 2.75) is 83.2 Å². The number of aliphatic hydroxyl groups is 1. The SMILES string of the molecule is Cc1cc(-c2nnc(NC3CCCC(O)C3)o2)nc2c(C(C)(C)C)cc(NC(F)(F)C(F)(F)F)cc12. The Morgan fingerprint density at radius 1 is 1.03 bits per heavy atom. The number of aliphatic hydroxyl groups excluding tert-OH is 1. The van der Waals surface area contributed by atoms with Gasteiger partial charge in [-0.3, -0.25) is 0 Å². The van der Waals surface area contributed by atoms with Crippen LogP contribution in [0.5, 0.6) is 0 Å². The first-order valence-electron chi connectivity index (χ1n) is 11.6. The zero-order valence-electron chi connectivity index (χ0n) is 20.3. The van der Waals surface area contributed by atoms with Gasteiger partial charge in [0.2, 0.25) is 0 Å². The molecule has 3 aromatic rings. The molecule has 0 amide bonds. The molecule has 3 N–H and O–H groups in total. The van der Waals surface area contributed by atoms with Gasteiger partial charge in [-0.2, -0.15) is 22.0 Å². The van der Waals surface area contributed by atoms with Crippen molar-refractivity contribution in [1.29, 1.82) is 0 Å². The van der Waals surface area contributed by atoms with Gasteiger partial charge in [0.25, 0.3) is 5.89 Å². The molecule has 12 heteroatoms. The average molecular weight is 514 g/mol. The standard InChI is InChI=1S/C24H28F5N5O2/c1-12-8-18(20-33-34-21(36-20)30-13-6-5-7-15(35)9-13)31-19-16(12)10-14(11-17(19)22(2,3)4)32-24(28,29)23(25,26)27/h8,10-11,13,15,32,35H,5-7,9H2,1-4H3,(H,30,34). The molecule has 1 saturated carbocycles. The lowest BCUT2D eigenvalue weighted by Crippen LogP contribution is -2.43. The molecule has 0 radical (unpaired) electrons. The second-order valence-corrected chi connectivity index (χ2v) is 10.3. The highest BCUT2D eigenvalue weighted by molar-refractivity contribution is 5.91. The summed E-state index contributed by atoms with van der Waals surface area (Å²) < 4.78 is 71.6. The lowest BCUT2D eigenvalue weighted by atomic mass is 9.84. The molecule has 2 heterocycles. The third-order valence-electron chi connectivity index (χ3n) is 6.20. The second-order valence-electron chi connectivity index (χ2n) is 10.3. The molecule has 1 fully saturated rings. The molecule has 196 valence electrons. The number of halogens is 5. The van der Waals surface area contributed by atoms with Gasteiger partial charge in [0.15, 0.2) is 0 Å². The number of alkyl halides is 5. The summed E-state index contributed by atoms with van der Waals surface area (Å²) in [5.74, 6) is 0.129. The highest BCUT2D eigenvalue weighted by Gasteiger charge is 2.58. The van der Waals surface area contributed by atoms with Crippen molar-refractivity contribution >= 4 is 22.6 Å². The average Bonchev–Trinajstić information content (AvgIpc) is 3.20. The van der Waals surface area contributed by atoms with E-state index in [1.54, 1.807) is 13.0 Å². The molecule has 1 aliphatic rings. The number of aryl methyl sites for hydroxylation is 1. The van der Waals surface area contributed by atoms with Crippen molar-refractivity contribution < 1.29 is 31.5 Å². The molecular weight excluding hydrogens is 485 g/mol. The summed E-state index contributed by atoms with van der Waals surface area (Å²) in [5.41, 5.74) is 0.830. The van der Waals surface area contributed by atoms with Crippen LogP contribution in [0.1, 0.15) is 57.6 Å². The molecule has 0 saturated heterocycles. The summed E-state index contributed by atoms with van der Waals surface area (Å²) in [5, 5.41) is 22.8. The maximum atomic E-state index is 13.7. The van der Waals surface area contributed by atoms with E-state index in [-0.39, 0.29) is 29.7 Å². The maximum absolute atomic E-state index is 13.7. The second kappa shape index (κ2) is 9.13. The molecule has 0 aliphatic heterocycles. The lowest BCUT2D eigenvalue weighted by Gasteiger charge is -2.26. The number of anilines is 2. The normalized spacial score (nSPS) is 19.5. The molecule has 1 aromatic carbocycles. The van der Waals surface area contributed by atoms with Gasteiger partial charge in [-0.15, -0.1) is 5.10 Å². The van der Waals surface area contributed by atoms with E-state index in [9.17, 15) is 27.1 Å². The fourth-order valence-corrected chi connectivity index (χ4v) is 4.35. The first-order chi connectivity index (χ1) is 16.6. The Labute approximate surface area is 204 Å². The van der Waals surface area contributed by atoms with Crippen LogP contribution >= 0.6 is 0 Å². The van der Waals surface area contributed by atoms with Crippen molar-refractivity contribution in [3.05, 3.63) is 29.3 Å². The molecule has 0 spiro atoms. The summed E-state index contributed by atoms with van der Waals surface area (Å²) in [6.45, 7) is 7.13. The molecular formula is C24H28F5N5O2. The summed E-state index contributed by atoms with van der Waals surface area (Å²) in [6.07, 6.45) is -3.05. The van der Waals surface area contributed by atoms with Crippen molar-refractivity contribution in [1.82, 2.24) is 15.2 Å². The van der Waals surface area contributed by atoms with Gasteiger partial charge in [-0.1, -0.05) is 25.9 Å². The number of nitrogens with one attached hydrogen (secondary N) is 2. The monoisotopic (exact) mass is 513 g/mol. The number of hydrogen-bond donors (Lipinski definition) is 3. The van der Waals surface area contributed by atoms with Gasteiger partial charge in [0.1, 0.15) is 5.69 Å². The summed E-state index contributed by atoms with van der Waals surface area (Å²) in [6, 6.07) is -0.810. The summed E-state index contributed by atoms with van der Waals surface area (Å²) >= 11 is 0. The fraction of sp³-hybridized carbons (Fsp3) is 0.542. The fourth-order valence-electron chi connectivity index (χ4n) is 4.35. The Balaban J connectivity index is 1.72. The van der Waals surface area contributed by atoms with Crippen molar-refractivity contribution in [2.75, 3.05) is 10.6 Å². The Hall–Kier alpha value is -3.02. The Kier molecular flexibility index (Phi) is 6.61. The lowest BCUT2D eigenvalue weighted by molar-refractivity contribution is -0.268. The van der Waals surface area contributed by atoms with Gasteiger partial charge < -0.3 is 20.2 Å². The van der Waals surface area contributed by atoms with Crippen LogP contribution in [0.25, 0.3) is 22.5 Å². The number of rotatable bonds is 5. The number of aromatic nitrogens is 3. The van der Waals surface area contributed by atoms with Gasteiger partial charge in [0, 0.05) is 17.1 Å². The van der Waals surface area contributed by atoms with E-state index in [0.29, 0.717) is 34.1 Å². The van der Waals surface area contributed by atoms with E-state index in [1.807, 2.05) is 20.8 Å². The minimum absolute atomic E-state index is 0.00147. The highest BCUT2D eigenvalue weighted by Crippen LogP contribution is 2.40. The van der Waals surface area contributed by atoms with E-state index in [4.69, 9.17) is 4.42 Å². The van der Waals surface area contributed by atoms with E-state index < -0.39 is 17.6 Å². The third-order valence-corrected chi connectivity index (χ3v) is 6.20. The number of benzene rings is 1. The summed E-state index contributed by atoms with van der Waals surface area (Å²) in [4.78, 5) is 4.63. The quantitative estimate of drug-likeness (QED) is 0.277. The van der Waals surface area contributed by atoms with Crippen LogP contribution in [0.4, 0.5) is 33.7 Å². The molecule has 2 unspecified atom stereocenters. The van der Waals surface area contributed by atoms with E-state index in [0.717, 1.165) is 19.3 Å².